The standard InChI is InChI=1S/C17H27NO2/c1-14-9-11-18(13-15(14)2)10-6-12-20-17-8-5-4-7-16(17)19-3/h4-5,7-8,14-15H,6,9-13H2,1-3H3/t14-,15+/m0/s1. The minimum Gasteiger partial charge on any atom is -0.493 e. The molecule has 3 nitrogen and oxygen atoms in total. The molecule has 1 saturated heterocycles. The van der Waals surface area contributed by atoms with Crippen LogP contribution in [0.3, 0.4) is 0 Å². The zero-order chi connectivity index (χ0) is 14.4. The van der Waals surface area contributed by atoms with E-state index in [4.69, 9.17) is 9.47 Å². The van der Waals surface area contributed by atoms with Gasteiger partial charge in [0, 0.05) is 13.1 Å². The number of ether oxygens (including phenoxy) is 2. The molecule has 2 atom stereocenters. The van der Waals surface area contributed by atoms with Crippen molar-refractivity contribution in [2.75, 3.05) is 33.4 Å². The van der Waals surface area contributed by atoms with Gasteiger partial charge in [-0.1, -0.05) is 26.0 Å². The van der Waals surface area contributed by atoms with Gasteiger partial charge in [-0.05, 0) is 43.4 Å². The van der Waals surface area contributed by atoms with E-state index in [2.05, 4.69) is 18.7 Å². The summed E-state index contributed by atoms with van der Waals surface area (Å²) in [7, 11) is 1.68. The SMILES string of the molecule is COc1ccccc1OCCCN1CC[C@H](C)[C@H](C)C1. The van der Waals surface area contributed by atoms with Crippen molar-refractivity contribution in [3.63, 3.8) is 0 Å². The average Bonchev–Trinajstić information content (AvgIpc) is 2.47. The second kappa shape index (κ2) is 7.53. The van der Waals surface area contributed by atoms with Gasteiger partial charge in [-0.2, -0.15) is 0 Å². The molecule has 3 heteroatoms. The van der Waals surface area contributed by atoms with E-state index in [0.29, 0.717) is 0 Å². The third kappa shape index (κ3) is 4.14. The first-order valence-electron chi connectivity index (χ1n) is 7.69. The van der Waals surface area contributed by atoms with Gasteiger partial charge in [-0.15, -0.1) is 0 Å². The predicted octanol–water partition coefficient (Wildman–Crippen LogP) is 3.44. The number of rotatable bonds is 6. The van der Waals surface area contributed by atoms with E-state index >= 15 is 0 Å². The summed E-state index contributed by atoms with van der Waals surface area (Å²) >= 11 is 0. The van der Waals surface area contributed by atoms with Crippen molar-refractivity contribution < 1.29 is 9.47 Å². The zero-order valence-corrected chi connectivity index (χ0v) is 13.0. The monoisotopic (exact) mass is 277 g/mol. The van der Waals surface area contributed by atoms with Gasteiger partial charge >= 0.3 is 0 Å². The molecule has 20 heavy (non-hydrogen) atoms. The molecule has 0 N–H and O–H groups in total. The fourth-order valence-electron chi connectivity index (χ4n) is 2.76. The molecule has 2 rings (SSSR count). The van der Waals surface area contributed by atoms with Crippen molar-refractivity contribution >= 4 is 0 Å². The van der Waals surface area contributed by atoms with Crippen LogP contribution in [0.4, 0.5) is 0 Å². The maximum atomic E-state index is 5.82. The number of likely N-dealkylation sites (tertiary alicyclic amines) is 1. The molecule has 112 valence electrons. The summed E-state index contributed by atoms with van der Waals surface area (Å²) in [5.74, 6) is 3.35. The van der Waals surface area contributed by atoms with E-state index < -0.39 is 0 Å². The minimum atomic E-state index is 0.751. The predicted molar refractivity (Wildman–Crippen MR) is 82.5 cm³/mol. The molecule has 0 saturated carbocycles. The first kappa shape index (κ1) is 15.2. The molecule has 1 heterocycles. The Hall–Kier alpha value is -1.22. The van der Waals surface area contributed by atoms with Crippen LogP contribution in [-0.2, 0) is 0 Å². The highest BCUT2D eigenvalue weighted by molar-refractivity contribution is 5.39. The highest BCUT2D eigenvalue weighted by Crippen LogP contribution is 2.26. The molecule has 0 bridgehead atoms. The highest BCUT2D eigenvalue weighted by atomic mass is 16.5. The van der Waals surface area contributed by atoms with E-state index in [1.807, 2.05) is 24.3 Å². The average molecular weight is 277 g/mol. The van der Waals surface area contributed by atoms with E-state index in [1.54, 1.807) is 7.11 Å². The van der Waals surface area contributed by atoms with E-state index in [9.17, 15) is 0 Å². The number of methoxy groups -OCH3 is 1. The third-order valence-corrected chi connectivity index (χ3v) is 4.36. The Balaban J connectivity index is 1.69. The molecule has 0 unspecified atom stereocenters. The lowest BCUT2D eigenvalue weighted by molar-refractivity contribution is 0.130. The summed E-state index contributed by atoms with van der Waals surface area (Å²) < 4.78 is 11.1. The fourth-order valence-corrected chi connectivity index (χ4v) is 2.76. The Bertz CT molecular complexity index is 408. The maximum absolute atomic E-state index is 5.82. The van der Waals surface area contributed by atoms with E-state index in [-0.39, 0.29) is 0 Å². The Morgan fingerprint density at radius 1 is 1.15 bits per heavy atom. The van der Waals surface area contributed by atoms with Crippen LogP contribution >= 0.6 is 0 Å². The summed E-state index contributed by atoms with van der Waals surface area (Å²) in [4.78, 5) is 2.57. The first-order valence-corrected chi connectivity index (χ1v) is 7.69. The molecule has 0 radical (unpaired) electrons. The van der Waals surface area contributed by atoms with Crippen LogP contribution in [0.1, 0.15) is 26.7 Å². The lowest BCUT2D eigenvalue weighted by atomic mass is 9.89. The van der Waals surface area contributed by atoms with Gasteiger partial charge in [-0.3, -0.25) is 0 Å². The van der Waals surface area contributed by atoms with Crippen LogP contribution in [0.15, 0.2) is 24.3 Å². The van der Waals surface area contributed by atoms with E-state index in [0.717, 1.165) is 42.9 Å². The summed E-state index contributed by atoms with van der Waals surface area (Å²) in [6, 6.07) is 7.83. The molecule has 1 aromatic rings. The second-order valence-corrected chi connectivity index (χ2v) is 5.90. The van der Waals surface area contributed by atoms with Crippen LogP contribution in [0, 0.1) is 11.8 Å². The normalized spacial score (nSPS) is 23.6. The molecular formula is C17H27NO2. The summed E-state index contributed by atoms with van der Waals surface area (Å²) in [6.07, 6.45) is 2.40. The van der Waals surface area contributed by atoms with Crippen molar-refractivity contribution in [2.45, 2.75) is 26.7 Å². The quantitative estimate of drug-likeness (QED) is 0.743. The van der Waals surface area contributed by atoms with Gasteiger partial charge in [0.25, 0.3) is 0 Å². The number of piperidine rings is 1. The number of hydrogen-bond donors (Lipinski definition) is 0. The van der Waals surface area contributed by atoms with Crippen molar-refractivity contribution in [3.05, 3.63) is 24.3 Å². The lowest BCUT2D eigenvalue weighted by Gasteiger charge is -2.35. The maximum Gasteiger partial charge on any atom is 0.161 e. The lowest BCUT2D eigenvalue weighted by Crippen LogP contribution is -2.39. The molecule has 0 aromatic heterocycles. The van der Waals surface area contributed by atoms with Gasteiger partial charge in [0.15, 0.2) is 11.5 Å². The van der Waals surface area contributed by atoms with Crippen LogP contribution in [-0.4, -0.2) is 38.3 Å². The first-order chi connectivity index (χ1) is 9.70. The molecule has 0 amide bonds. The largest absolute Gasteiger partial charge is 0.493 e. The number of nitrogens with zero attached hydrogens (tertiary/aromatic N) is 1. The highest BCUT2D eigenvalue weighted by Gasteiger charge is 2.21. The third-order valence-electron chi connectivity index (χ3n) is 4.36. The van der Waals surface area contributed by atoms with Gasteiger partial charge < -0.3 is 14.4 Å². The number of hydrogen-bond acceptors (Lipinski definition) is 3. The Morgan fingerprint density at radius 2 is 1.90 bits per heavy atom. The fraction of sp³-hybridized carbons (Fsp3) is 0.647. The zero-order valence-electron chi connectivity index (χ0n) is 13.0. The molecule has 1 aliphatic heterocycles. The van der Waals surface area contributed by atoms with E-state index in [1.165, 1.54) is 19.5 Å². The van der Waals surface area contributed by atoms with Crippen molar-refractivity contribution in [1.29, 1.82) is 0 Å². The Labute approximate surface area is 122 Å². The van der Waals surface area contributed by atoms with Crippen LogP contribution < -0.4 is 9.47 Å². The molecule has 1 fully saturated rings. The number of para-hydroxylation sites is 2. The van der Waals surface area contributed by atoms with Gasteiger partial charge in [-0.25, -0.2) is 0 Å². The van der Waals surface area contributed by atoms with Gasteiger partial charge in [0.05, 0.1) is 13.7 Å². The van der Waals surface area contributed by atoms with Crippen LogP contribution in [0.25, 0.3) is 0 Å². The van der Waals surface area contributed by atoms with Crippen molar-refractivity contribution in [2.24, 2.45) is 11.8 Å². The Kier molecular flexibility index (Phi) is 5.72. The Morgan fingerprint density at radius 3 is 2.60 bits per heavy atom. The number of benzene rings is 1. The summed E-state index contributed by atoms with van der Waals surface area (Å²) in [6.45, 7) is 9.08. The molecule has 0 aliphatic carbocycles. The molecular weight excluding hydrogens is 250 g/mol. The topological polar surface area (TPSA) is 21.7 Å². The van der Waals surface area contributed by atoms with Crippen LogP contribution in [0.5, 0.6) is 11.5 Å². The molecule has 0 spiro atoms. The second-order valence-electron chi connectivity index (χ2n) is 5.90. The smallest absolute Gasteiger partial charge is 0.161 e. The van der Waals surface area contributed by atoms with Gasteiger partial charge in [0.2, 0.25) is 0 Å². The minimum absolute atomic E-state index is 0.751. The van der Waals surface area contributed by atoms with Crippen LogP contribution in [0.2, 0.25) is 0 Å². The molecule has 1 aromatic carbocycles. The van der Waals surface area contributed by atoms with Crippen molar-refractivity contribution in [3.8, 4) is 11.5 Å². The summed E-state index contributed by atoms with van der Waals surface area (Å²) in [5.41, 5.74) is 0. The summed E-state index contributed by atoms with van der Waals surface area (Å²) in [5, 5.41) is 0. The molecule has 1 aliphatic rings. The van der Waals surface area contributed by atoms with Crippen molar-refractivity contribution in [1.82, 2.24) is 4.90 Å². The van der Waals surface area contributed by atoms with Gasteiger partial charge in [0.1, 0.15) is 0 Å².